The van der Waals surface area contributed by atoms with E-state index in [4.69, 9.17) is 32.7 Å². The minimum atomic E-state index is -0.596. The molecule has 0 radical (unpaired) electrons. The fraction of sp³-hybridized carbons (Fsp3) is 0.143. The molecule has 0 atom stereocenters. The van der Waals surface area contributed by atoms with Crippen LogP contribution in [0, 0.1) is 0 Å². The molecule has 0 fully saturated rings. The molecule has 1 amide bonds. The Hall–Kier alpha value is -2.76. The van der Waals surface area contributed by atoms with Gasteiger partial charge in [0.15, 0.2) is 0 Å². The Balaban J connectivity index is 2.12. The Morgan fingerprint density at radius 2 is 1.64 bits per heavy atom. The third-order valence-corrected chi connectivity index (χ3v) is 4.76. The molecule has 144 valence electrons. The molecule has 7 heteroatoms. The van der Waals surface area contributed by atoms with Crippen LogP contribution in [-0.2, 0) is 14.3 Å². The second kappa shape index (κ2) is 8.09. The summed E-state index contributed by atoms with van der Waals surface area (Å²) in [7, 11) is 2.85. The summed E-state index contributed by atoms with van der Waals surface area (Å²) >= 11 is 12.2. The highest BCUT2D eigenvalue weighted by molar-refractivity contribution is 6.35. The lowest BCUT2D eigenvalue weighted by molar-refractivity contribution is -0.136. The quantitative estimate of drug-likeness (QED) is 0.525. The van der Waals surface area contributed by atoms with E-state index in [9.17, 15) is 9.59 Å². The zero-order valence-electron chi connectivity index (χ0n) is 15.5. The summed E-state index contributed by atoms with van der Waals surface area (Å²) in [5.74, 6) is -0.275. The van der Waals surface area contributed by atoms with E-state index in [1.54, 1.807) is 62.6 Å². The number of nitrogens with zero attached hydrogens (tertiary/aromatic N) is 1. The Morgan fingerprint density at radius 1 is 1.04 bits per heavy atom. The fourth-order valence-electron chi connectivity index (χ4n) is 3.03. The number of halogens is 2. The maximum atomic E-state index is 13.2. The maximum absolute atomic E-state index is 13.2. The first-order valence-electron chi connectivity index (χ1n) is 8.31. The molecule has 0 N–H and O–H groups in total. The van der Waals surface area contributed by atoms with Crippen LogP contribution >= 0.6 is 23.2 Å². The van der Waals surface area contributed by atoms with Crippen molar-refractivity contribution in [2.45, 2.75) is 6.92 Å². The van der Waals surface area contributed by atoms with Crippen molar-refractivity contribution in [3.63, 3.8) is 0 Å². The first kappa shape index (κ1) is 20.0. The number of benzene rings is 2. The van der Waals surface area contributed by atoms with E-state index in [1.807, 2.05) is 0 Å². The fourth-order valence-corrected chi connectivity index (χ4v) is 3.54. The molecule has 1 heterocycles. The van der Waals surface area contributed by atoms with Gasteiger partial charge in [-0.3, -0.25) is 9.69 Å². The van der Waals surface area contributed by atoms with Crippen LogP contribution in [0.1, 0.15) is 12.5 Å². The van der Waals surface area contributed by atoms with Crippen molar-refractivity contribution in [3.05, 3.63) is 74.9 Å². The topological polar surface area (TPSA) is 55.8 Å². The van der Waals surface area contributed by atoms with Crippen LogP contribution in [0.4, 0.5) is 5.69 Å². The molecule has 0 aromatic heterocycles. The summed E-state index contributed by atoms with van der Waals surface area (Å²) in [6, 6.07) is 11.9. The second-order valence-corrected chi connectivity index (χ2v) is 6.92. The van der Waals surface area contributed by atoms with Crippen molar-refractivity contribution < 1.29 is 19.1 Å². The number of methoxy groups -OCH3 is 2. The molecule has 2 aromatic carbocycles. The molecule has 1 aliphatic rings. The number of anilines is 1. The van der Waals surface area contributed by atoms with Crippen LogP contribution < -0.4 is 9.64 Å². The van der Waals surface area contributed by atoms with Gasteiger partial charge in [-0.1, -0.05) is 35.3 Å². The van der Waals surface area contributed by atoms with Gasteiger partial charge in [0, 0.05) is 15.7 Å². The number of amides is 1. The normalized spacial score (nSPS) is 15.4. The van der Waals surface area contributed by atoms with Gasteiger partial charge in [0.1, 0.15) is 5.75 Å². The predicted molar refractivity (Wildman–Crippen MR) is 110 cm³/mol. The van der Waals surface area contributed by atoms with Crippen molar-refractivity contribution >= 4 is 46.8 Å². The molecular weight excluding hydrogens is 401 g/mol. The smallest absolute Gasteiger partial charge is 0.340 e. The molecule has 0 bridgehead atoms. The molecule has 0 saturated carbocycles. The predicted octanol–water partition coefficient (Wildman–Crippen LogP) is 4.88. The van der Waals surface area contributed by atoms with Crippen molar-refractivity contribution in [2.75, 3.05) is 19.1 Å². The van der Waals surface area contributed by atoms with E-state index < -0.39 is 5.97 Å². The van der Waals surface area contributed by atoms with Gasteiger partial charge in [0.2, 0.25) is 0 Å². The van der Waals surface area contributed by atoms with Crippen molar-refractivity contribution in [1.29, 1.82) is 0 Å². The molecular formula is C21H17Cl2NO4. The first-order valence-corrected chi connectivity index (χ1v) is 9.07. The molecule has 1 aliphatic heterocycles. The average Bonchev–Trinajstić information content (AvgIpc) is 2.91. The molecule has 0 aliphatic carbocycles. The Labute approximate surface area is 172 Å². The summed E-state index contributed by atoms with van der Waals surface area (Å²) in [5, 5.41) is 0.769. The van der Waals surface area contributed by atoms with E-state index in [2.05, 4.69) is 0 Å². The van der Waals surface area contributed by atoms with Crippen LogP contribution in [0.3, 0.4) is 0 Å². The van der Waals surface area contributed by atoms with Crippen molar-refractivity contribution in [1.82, 2.24) is 0 Å². The molecule has 28 heavy (non-hydrogen) atoms. The monoisotopic (exact) mass is 417 g/mol. The van der Waals surface area contributed by atoms with E-state index in [0.717, 1.165) is 5.56 Å². The molecule has 0 saturated heterocycles. The average molecular weight is 418 g/mol. The zero-order chi connectivity index (χ0) is 20.4. The highest BCUT2D eigenvalue weighted by Crippen LogP contribution is 2.37. The molecule has 2 aromatic rings. The summed E-state index contributed by atoms with van der Waals surface area (Å²) in [6.07, 6.45) is 1.64. The van der Waals surface area contributed by atoms with Gasteiger partial charge in [-0.2, -0.15) is 0 Å². The van der Waals surface area contributed by atoms with Gasteiger partial charge in [-0.05, 0) is 48.9 Å². The molecule has 3 rings (SSSR count). The van der Waals surface area contributed by atoms with Crippen LogP contribution in [0.5, 0.6) is 5.75 Å². The standard InChI is InChI=1S/C21H17Cl2NO4/c1-12-19(21(26)28-3)18(8-13-4-6-17(27-2)7-5-13)20(25)24(12)16-10-14(22)9-15(23)11-16/h4-11H,1-3H3/b18-8-. The van der Waals surface area contributed by atoms with Crippen LogP contribution in [-0.4, -0.2) is 26.1 Å². The summed E-state index contributed by atoms with van der Waals surface area (Å²) < 4.78 is 10.0. The van der Waals surface area contributed by atoms with Gasteiger partial charge in [-0.15, -0.1) is 0 Å². The van der Waals surface area contributed by atoms with E-state index in [0.29, 0.717) is 27.2 Å². The number of hydrogen-bond donors (Lipinski definition) is 0. The van der Waals surface area contributed by atoms with Gasteiger partial charge in [0.05, 0.1) is 31.1 Å². The minimum Gasteiger partial charge on any atom is -0.497 e. The number of esters is 1. The lowest BCUT2D eigenvalue weighted by Crippen LogP contribution is -2.24. The number of allylic oxidation sites excluding steroid dienone is 1. The van der Waals surface area contributed by atoms with E-state index in [-0.39, 0.29) is 17.1 Å². The number of carbonyl (C=O) groups is 2. The van der Waals surface area contributed by atoms with Crippen LogP contribution in [0.25, 0.3) is 6.08 Å². The molecule has 0 spiro atoms. The van der Waals surface area contributed by atoms with Gasteiger partial charge in [0.25, 0.3) is 5.91 Å². The first-order chi connectivity index (χ1) is 13.3. The molecule has 5 nitrogen and oxygen atoms in total. The maximum Gasteiger partial charge on any atom is 0.340 e. The SMILES string of the molecule is COC(=O)C1=C(C)N(c2cc(Cl)cc(Cl)c2)C(=O)/C1=C\c1ccc(OC)cc1. The Kier molecular flexibility index (Phi) is 5.77. The number of ether oxygens (including phenoxy) is 2. The van der Waals surface area contributed by atoms with Crippen LogP contribution in [0.15, 0.2) is 59.3 Å². The lowest BCUT2D eigenvalue weighted by atomic mass is 10.0. The van der Waals surface area contributed by atoms with E-state index >= 15 is 0 Å². The van der Waals surface area contributed by atoms with Gasteiger partial charge >= 0.3 is 5.97 Å². The lowest BCUT2D eigenvalue weighted by Gasteiger charge is -2.18. The number of carbonyl (C=O) groups excluding carboxylic acids is 2. The zero-order valence-corrected chi connectivity index (χ0v) is 17.0. The van der Waals surface area contributed by atoms with Crippen LogP contribution in [0.2, 0.25) is 10.0 Å². The minimum absolute atomic E-state index is 0.194. The van der Waals surface area contributed by atoms with Gasteiger partial charge in [-0.25, -0.2) is 4.79 Å². The highest BCUT2D eigenvalue weighted by atomic mass is 35.5. The largest absolute Gasteiger partial charge is 0.497 e. The second-order valence-electron chi connectivity index (χ2n) is 6.05. The van der Waals surface area contributed by atoms with Crippen molar-refractivity contribution in [3.8, 4) is 5.75 Å². The third-order valence-electron chi connectivity index (χ3n) is 4.32. The van der Waals surface area contributed by atoms with E-state index in [1.165, 1.54) is 12.0 Å². The summed E-state index contributed by atoms with van der Waals surface area (Å²) in [4.78, 5) is 27.0. The number of hydrogen-bond acceptors (Lipinski definition) is 4. The molecule has 0 unspecified atom stereocenters. The van der Waals surface area contributed by atoms with Crippen molar-refractivity contribution in [2.24, 2.45) is 0 Å². The summed E-state index contributed by atoms with van der Waals surface area (Å²) in [6.45, 7) is 1.67. The highest BCUT2D eigenvalue weighted by Gasteiger charge is 2.38. The summed E-state index contributed by atoms with van der Waals surface area (Å²) in [5.41, 5.74) is 2.07. The Morgan fingerprint density at radius 3 is 2.18 bits per heavy atom. The number of rotatable bonds is 4. The van der Waals surface area contributed by atoms with Gasteiger partial charge < -0.3 is 9.47 Å². The Bertz CT molecular complexity index is 989. The third kappa shape index (κ3) is 3.77.